The van der Waals surface area contributed by atoms with Crippen LogP contribution in [0, 0.1) is 23.7 Å². The van der Waals surface area contributed by atoms with Crippen LogP contribution in [0.3, 0.4) is 0 Å². The van der Waals surface area contributed by atoms with Crippen molar-refractivity contribution in [1.82, 2.24) is 0 Å². The molecule has 0 aromatic carbocycles. The Morgan fingerprint density at radius 2 is 1.01 bits per heavy atom. The maximum absolute atomic E-state index is 15.2. The zero-order valence-electron chi connectivity index (χ0n) is 37.0. The number of hydrogen-bond donors (Lipinski definition) is 1. The van der Waals surface area contributed by atoms with Crippen molar-refractivity contribution in [3.05, 3.63) is 38.0 Å². The molecule has 71 heavy (non-hydrogen) atoms. The average Bonchev–Trinajstić information content (AvgIpc) is 3.20. The van der Waals surface area contributed by atoms with Gasteiger partial charge in [-0.1, -0.05) is 32.1 Å². The molecule has 2 N–H and O–H groups in total. The first-order valence-corrected chi connectivity index (χ1v) is 19.5. The number of ether oxygens (including phenoxy) is 3. The molecular formula is C39H46F23NO8. The van der Waals surface area contributed by atoms with Crippen LogP contribution >= 0.6 is 0 Å². The second-order valence-electron chi connectivity index (χ2n) is 15.0. The largest absolute Gasteiger partial charge is 0.575 e. The van der Waals surface area contributed by atoms with Gasteiger partial charge >= 0.3 is 54.8 Å². The lowest BCUT2D eigenvalue weighted by molar-refractivity contribution is -0.339. The van der Waals surface area contributed by atoms with E-state index in [1.54, 1.807) is 13.0 Å². The molecule has 9 nitrogen and oxygen atoms in total. The van der Waals surface area contributed by atoms with Crippen LogP contribution < -0.4 is 5.73 Å². The number of Topliss-reactive ketones (excluding diaryl/α,β-unsaturated/α-hetero) is 2. The maximum Gasteiger partial charge on any atom is 0.575 e. The molecule has 0 radical (unpaired) electrons. The molecule has 6 unspecified atom stereocenters. The summed E-state index contributed by atoms with van der Waals surface area (Å²) in [5.74, 6) is -41.5. The minimum atomic E-state index is -6.50. The van der Waals surface area contributed by atoms with Crippen molar-refractivity contribution in [2.24, 2.45) is 29.4 Å². The van der Waals surface area contributed by atoms with E-state index in [1.165, 1.54) is 12.2 Å². The molecule has 0 aromatic rings. The number of hydrogen-bond acceptors (Lipinski definition) is 9. The van der Waals surface area contributed by atoms with Gasteiger partial charge in [-0.2, -0.15) is 30.7 Å². The van der Waals surface area contributed by atoms with Crippen molar-refractivity contribution in [1.29, 1.82) is 0 Å². The molecule has 6 atom stereocenters. The second kappa shape index (κ2) is 27.5. The highest BCUT2D eigenvalue weighted by Crippen LogP contribution is 2.54. The number of esters is 2. The van der Waals surface area contributed by atoms with Gasteiger partial charge < -0.3 is 15.2 Å². The monoisotopic (exact) mass is 1090 g/mol. The second-order valence-corrected chi connectivity index (χ2v) is 15.0. The lowest BCUT2D eigenvalue weighted by Crippen LogP contribution is -2.63. The molecule has 0 spiro atoms. The number of halogens is 23. The summed E-state index contributed by atoms with van der Waals surface area (Å²) in [5.41, 5.74) is -3.45. The molecular weight excluding hydrogens is 1050 g/mol. The number of ketones is 2. The molecule has 2 saturated carbocycles. The van der Waals surface area contributed by atoms with Crippen LogP contribution in [-0.4, -0.2) is 110 Å². The van der Waals surface area contributed by atoms with Crippen LogP contribution in [0.5, 0.6) is 0 Å². The van der Waals surface area contributed by atoms with Gasteiger partial charge in [0, 0.05) is 38.6 Å². The van der Waals surface area contributed by atoms with Crippen molar-refractivity contribution in [2.45, 2.75) is 132 Å². The van der Waals surface area contributed by atoms with Crippen LogP contribution in [-0.2, 0) is 38.2 Å². The van der Waals surface area contributed by atoms with Gasteiger partial charge in [0.1, 0.15) is 11.7 Å². The standard InChI is InChI=1S/C17H23F3O2.C11H9F9O4.C7H4F10O2.C3H7N.CH3F/c1-4-6-8-14(21)13-10-12(3)11-16(18,19)17(13,20)15(22)9-7-5-2;1-4-2-5(6(21)23-10(15,16)17)9(14,8(12,13)3-4)7(22)24-11(18,19)20;8-3(18)5(11,12)6(13,14)4(9,10)1-2-19-7(15,16)17;1-2-3-4;1-2/h4-5,12-13H,1-2,6-11H2,3H3;4-5H,2-3H2,1H3;1-2H2;2H,1,3-4H2;1H3. The summed E-state index contributed by atoms with van der Waals surface area (Å²) in [6, 6.07) is -4.03. The Bertz CT molecular complexity index is 1770. The fourth-order valence-corrected chi connectivity index (χ4v) is 6.28. The molecule has 0 aromatic heterocycles. The van der Waals surface area contributed by atoms with Crippen LogP contribution in [0.15, 0.2) is 38.0 Å². The molecule has 416 valence electrons. The predicted molar refractivity (Wildman–Crippen MR) is 198 cm³/mol. The van der Waals surface area contributed by atoms with Gasteiger partial charge in [-0.25, -0.2) is 31.1 Å². The van der Waals surface area contributed by atoms with Crippen molar-refractivity contribution < 1.29 is 139 Å². The molecule has 2 aliphatic rings. The summed E-state index contributed by atoms with van der Waals surface area (Å²) < 4.78 is 296. The maximum atomic E-state index is 15.2. The van der Waals surface area contributed by atoms with Crippen molar-refractivity contribution in [3.63, 3.8) is 0 Å². The summed E-state index contributed by atoms with van der Waals surface area (Å²) in [6.45, 7) is 11.3. The van der Waals surface area contributed by atoms with Crippen LogP contribution in [0.25, 0.3) is 0 Å². The Labute approximate surface area is 388 Å². The van der Waals surface area contributed by atoms with Crippen LogP contribution in [0.1, 0.15) is 71.6 Å². The number of alkyl halides is 22. The topological polar surface area (TPSA) is 139 Å². The predicted octanol–water partition coefficient (Wildman–Crippen LogP) is 12.0. The quantitative estimate of drug-likeness (QED) is 0.0653. The van der Waals surface area contributed by atoms with E-state index in [9.17, 15) is 121 Å². The Morgan fingerprint density at radius 3 is 1.38 bits per heavy atom. The zero-order valence-corrected chi connectivity index (χ0v) is 37.0. The summed E-state index contributed by atoms with van der Waals surface area (Å²) >= 11 is 0. The Kier molecular flexibility index (Phi) is 27.4. The van der Waals surface area contributed by atoms with Gasteiger partial charge in [-0.15, -0.1) is 59.3 Å². The normalized spacial score (nSPS) is 24.2. The number of carbonyl (C=O) groups excluding carboxylic acids is 5. The summed E-state index contributed by atoms with van der Waals surface area (Å²) in [4.78, 5) is 56.4. The van der Waals surface area contributed by atoms with E-state index in [-0.39, 0.29) is 32.1 Å². The number of nitrogens with two attached hydrogens (primary N) is 1. The Hall–Kier alpha value is -4.52. The van der Waals surface area contributed by atoms with Gasteiger partial charge in [0.2, 0.25) is 5.67 Å². The first-order valence-electron chi connectivity index (χ1n) is 19.5. The summed E-state index contributed by atoms with van der Waals surface area (Å²) in [5, 5.41) is 0. The van der Waals surface area contributed by atoms with Crippen molar-refractivity contribution in [2.75, 3.05) is 20.3 Å². The fourth-order valence-electron chi connectivity index (χ4n) is 6.28. The van der Waals surface area contributed by atoms with E-state index in [1.807, 2.05) is 0 Å². The van der Waals surface area contributed by atoms with E-state index in [0.29, 0.717) is 13.7 Å². The smallest absolute Gasteiger partial charge is 0.373 e. The van der Waals surface area contributed by atoms with Gasteiger partial charge in [0.05, 0.1) is 19.7 Å². The number of allylic oxidation sites excluding steroid dienone is 2. The molecule has 2 aliphatic carbocycles. The molecule has 0 bridgehead atoms. The lowest BCUT2D eigenvalue weighted by Gasteiger charge is -2.44. The molecule has 0 aliphatic heterocycles. The Morgan fingerprint density at radius 1 is 0.620 bits per heavy atom. The third kappa shape index (κ3) is 20.1. The van der Waals surface area contributed by atoms with E-state index in [2.05, 4.69) is 33.9 Å². The molecule has 0 saturated heterocycles. The lowest BCUT2D eigenvalue weighted by atomic mass is 9.65. The molecule has 2 fully saturated rings. The fraction of sp³-hybridized carbons (Fsp3) is 0.718. The van der Waals surface area contributed by atoms with E-state index < -0.39 is 146 Å². The molecule has 2 rings (SSSR count). The Balaban J connectivity index is -0.000000928. The molecule has 0 heterocycles. The minimum Gasteiger partial charge on any atom is -0.373 e. The van der Waals surface area contributed by atoms with Gasteiger partial charge in [0.15, 0.2) is 5.78 Å². The average molecular weight is 1090 g/mol. The highest BCUT2D eigenvalue weighted by molar-refractivity contribution is 5.96. The van der Waals surface area contributed by atoms with E-state index in [0.717, 1.165) is 6.92 Å². The van der Waals surface area contributed by atoms with E-state index >= 15 is 4.39 Å². The van der Waals surface area contributed by atoms with Crippen molar-refractivity contribution in [3.8, 4) is 0 Å². The molecule has 32 heteroatoms. The highest BCUT2D eigenvalue weighted by atomic mass is 19.4. The van der Waals surface area contributed by atoms with Gasteiger partial charge in [-0.05, 0) is 37.5 Å². The summed E-state index contributed by atoms with van der Waals surface area (Å²) in [7, 11) is 0.500. The molecule has 0 amide bonds. The van der Waals surface area contributed by atoms with Crippen LogP contribution in [0.2, 0.25) is 0 Å². The van der Waals surface area contributed by atoms with E-state index in [4.69, 9.17) is 5.73 Å². The van der Waals surface area contributed by atoms with Crippen molar-refractivity contribution >= 4 is 29.5 Å². The van der Waals surface area contributed by atoms with Crippen LogP contribution in [0.4, 0.5) is 101 Å². The van der Waals surface area contributed by atoms with Gasteiger partial charge in [-0.3, -0.25) is 28.3 Å². The SMILES string of the molecule is C=CCCC(=O)C1CC(C)CC(F)(F)C1(F)C(=O)CCC=C.C=CCN.CC1CC(C(=O)OC(F)(F)F)C(F)(C(=O)OC(F)(F)F)C(F)(F)C1.CF.O=C(F)C(F)(F)C(F)(F)C(F)(F)CCOC(F)(F)F. The third-order valence-electron chi connectivity index (χ3n) is 9.43. The highest BCUT2D eigenvalue weighted by Gasteiger charge is 2.75. The summed E-state index contributed by atoms with van der Waals surface area (Å²) in [6.07, 6.45) is -18.4. The minimum absolute atomic E-state index is 0.0259. The first kappa shape index (κ1) is 70.7. The third-order valence-corrected chi connectivity index (χ3v) is 9.43. The zero-order chi connectivity index (χ0) is 57.2. The first-order chi connectivity index (χ1) is 31.8. The number of carbonyl (C=O) groups is 5. The van der Waals surface area contributed by atoms with Gasteiger partial charge in [0.25, 0.3) is 17.5 Å². The number of rotatable bonds is 17.